The van der Waals surface area contributed by atoms with E-state index < -0.39 is 13.0 Å². The van der Waals surface area contributed by atoms with Crippen LogP contribution in [-0.2, 0) is 0 Å². The summed E-state index contributed by atoms with van der Waals surface area (Å²) in [7, 11) is -1.43. The van der Waals surface area contributed by atoms with E-state index >= 15 is 0 Å². The summed E-state index contributed by atoms with van der Waals surface area (Å²) in [5.74, 6) is 2.97. The number of hydrogen-bond donors (Lipinski definition) is 0. The van der Waals surface area contributed by atoms with Gasteiger partial charge in [0.25, 0.3) is 5.69 Å². The first-order valence-electron chi connectivity index (χ1n) is 4.95. The Hall–Kier alpha value is -1.67. The third-order valence-corrected chi connectivity index (χ3v) is 2.70. The van der Waals surface area contributed by atoms with Gasteiger partial charge in [0.15, 0.2) is 0 Å². The van der Waals surface area contributed by atoms with Crippen molar-refractivity contribution in [2.75, 3.05) is 0 Å². The highest BCUT2D eigenvalue weighted by Gasteiger charge is 2.11. The molecule has 0 fully saturated rings. The van der Waals surface area contributed by atoms with Gasteiger partial charge in [-0.15, -0.1) is 5.54 Å². The van der Waals surface area contributed by atoms with Gasteiger partial charge >= 0.3 is 0 Å². The summed E-state index contributed by atoms with van der Waals surface area (Å²) < 4.78 is 0. The molecule has 0 atom stereocenters. The zero-order valence-electron chi connectivity index (χ0n) is 9.87. The Morgan fingerprint density at radius 1 is 1.38 bits per heavy atom. The molecule has 1 rings (SSSR count). The highest BCUT2D eigenvalue weighted by atomic mass is 28.3. The summed E-state index contributed by atoms with van der Waals surface area (Å²) in [5.41, 5.74) is 4.22. The predicted molar refractivity (Wildman–Crippen MR) is 65.9 cm³/mol. The van der Waals surface area contributed by atoms with E-state index in [2.05, 4.69) is 36.1 Å². The van der Waals surface area contributed by atoms with Gasteiger partial charge in [-0.25, -0.2) is 4.98 Å². The molecule has 0 saturated heterocycles. The van der Waals surface area contributed by atoms with E-state index in [-0.39, 0.29) is 5.69 Å². The van der Waals surface area contributed by atoms with Gasteiger partial charge < -0.3 is 0 Å². The summed E-state index contributed by atoms with van der Waals surface area (Å²) >= 11 is 0. The van der Waals surface area contributed by atoms with Crippen LogP contribution >= 0.6 is 0 Å². The second-order valence-electron chi connectivity index (χ2n) is 4.56. The molecule has 16 heavy (non-hydrogen) atoms. The quantitative estimate of drug-likeness (QED) is 0.325. The lowest BCUT2D eigenvalue weighted by Gasteiger charge is -2.03. The molecule has 1 aromatic rings. The number of pyridine rings is 1. The van der Waals surface area contributed by atoms with Crippen LogP contribution in [0, 0.1) is 28.5 Å². The van der Waals surface area contributed by atoms with Gasteiger partial charge in [0, 0.05) is 6.07 Å². The minimum absolute atomic E-state index is 0.0403. The van der Waals surface area contributed by atoms with Gasteiger partial charge in [-0.2, -0.15) is 0 Å². The van der Waals surface area contributed by atoms with Crippen LogP contribution in [0.1, 0.15) is 11.4 Å². The summed E-state index contributed by atoms with van der Waals surface area (Å²) in [4.78, 5) is 14.3. The zero-order valence-corrected chi connectivity index (χ0v) is 10.9. The Morgan fingerprint density at radius 2 is 2.00 bits per heavy atom. The summed E-state index contributed by atoms with van der Waals surface area (Å²) in [6.45, 7) is 8.03. The molecule has 0 saturated carbocycles. The van der Waals surface area contributed by atoms with Crippen molar-refractivity contribution in [1.82, 2.24) is 4.98 Å². The Balaban J connectivity index is 3.06. The number of rotatable bonds is 1. The number of aromatic nitrogens is 1. The second kappa shape index (κ2) is 4.45. The van der Waals surface area contributed by atoms with Gasteiger partial charge in [0.2, 0.25) is 0 Å². The van der Waals surface area contributed by atoms with Crippen molar-refractivity contribution >= 4 is 13.8 Å². The molecular formula is C11H14N2O2Si. The molecule has 0 spiro atoms. The van der Waals surface area contributed by atoms with Crippen molar-refractivity contribution in [2.45, 2.75) is 26.6 Å². The standard InChI is InChI=1S/C11H14N2O2Si/c1-9-11(13(14)15)6-5-10(12-9)7-8-16(2,3)4/h5-6H,1-4H3. The van der Waals surface area contributed by atoms with Gasteiger partial charge in [-0.1, -0.05) is 25.6 Å². The van der Waals surface area contributed by atoms with Crippen molar-refractivity contribution in [3.63, 3.8) is 0 Å². The Morgan fingerprint density at radius 3 is 2.44 bits per heavy atom. The predicted octanol–water partition coefficient (Wildman–Crippen LogP) is 2.53. The zero-order chi connectivity index (χ0) is 12.3. The van der Waals surface area contributed by atoms with Crippen molar-refractivity contribution in [3.8, 4) is 11.5 Å². The second-order valence-corrected chi connectivity index (χ2v) is 9.31. The first-order valence-corrected chi connectivity index (χ1v) is 8.45. The molecule has 84 valence electrons. The molecule has 0 bridgehead atoms. The average molecular weight is 234 g/mol. The topological polar surface area (TPSA) is 56.0 Å². The average Bonchev–Trinajstić information content (AvgIpc) is 2.13. The number of nitro groups is 1. The minimum atomic E-state index is -1.43. The smallest absolute Gasteiger partial charge is 0.258 e. The van der Waals surface area contributed by atoms with Crippen LogP contribution in [-0.4, -0.2) is 18.0 Å². The molecule has 0 radical (unpaired) electrons. The molecule has 0 N–H and O–H groups in total. The molecular weight excluding hydrogens is 220 g/mol. The van der Waals surface area contributed by atoms with Crippen molar-refractivity contribution in [2.24, 2.45) is 0 Å². The van der Waals surface area contributed by atoms with Crippen molar-refractivity contribution < 1.29 is 4.92 Å². The lowest BCUT2D eigenvalue weighted by Crippen LogP contribution is -2.16. The van der Waals surface area contributed by atoms with Crippen LogP contribution in [0.5, 0.6) is 0 Å². The third kappa shape index (κ3) is 3.48. The van der Waals surface area contributed by atoms with Crippen LogP contribution in [0.25, 0.3) is 0 Å². The fraction of sp³-hybridized carbons (Fsp3) is 0.364. The van der Waals surface area contributed by atoms with E-state index in [1.807, 2.05) is 0 Å². The molecule has 1 aromatic heterocycles. The van der Waals surface area contributed by atoms with Crippen LogP contribution < -0.4 is 0 Å². The molecule has 5 heteroatoms. The highest BCUT2D eigenvalue weighted by Crippen LogP contribution is 2.14. The molecule has 4 nitrogen and oxygen atoms in total. The lowest BCUT2D eigenvalue weighted by molar-refractivity contribution is -0.385. The van der Waals surface area contributed by atoms with Crippen molar-refractivity contribution in [3.05, 3.63) is 33.6 Å². The maximum atomic E-state index is 10.6. The van der Waals surface area contributed by atoms with Gasteiger partial charge in [-0.3, -0.25) is 10.1 Å². The maximum absolute atomic E-state index is 10.6. The van der Waals surface area contributed by atoms with E-state index in [0.29, 0.717) is 11.4 Å². The monoisotopic (exact) mass is 234 g/mol. The largest absolute Gasteiger partial charge is 0.290 e. The molecule has 0 aliphatic rings. The molecule has 1 heterocycles. The number of hydrogen-bond acceptors (Lipinski definition) is 3. The van der Waals surface area contributed by atoms with Gasteiger partial charge in [0.1, 0.15) is 19.5 Å². The summed E-state index contributed by atoms with van der Waals surface area (Å²) in [6, 6.07) is 3.05. The van der Waals surface area contributed by atoms with Gasteiger partial charge in [0.05, 0.1) is 4.92 Å². The first kappa shape index (κ1) is 12.4. The Bertz CT molecular complexity index is 481. The van der Waals surface area contributed by atoms with E-state index in [0.717, 1.165) is 0 Å². The fourth-order valence-electron chi connectivity index (χ4n) is 1.07. The van der Waals surface area contributed by atoms with Crippen LogP contribution in [0.3, 0.4) is 0 Å². The Labute approximate surface area is 95.9 Å². The molecule has 0 aliphatic heterocycles. The SMILES string of the molecule is Cc1nc(C#C[Si](C)(C)C)ccc1[N+](=O)[O-]. The van der Waals surface area contributed by atoms with E-state index in [1.165, 1.54) is 6.07 Å². The Kier molecular flexibility index (Phi) is 3.45. The van der Waals surface area contributed by atoms with Crippen molar-refractivity contribution in [1.29, 1.82) is 0 Å². The maximum Gasteiger partial charge on any atom is 0.290 e. The summed E-state index contributed by atoms with van der Waals surface area (Å²) in [5, 5.41) is 10.6. The first-order chi connectivity index (χ1) is 7.29. The third-order valence-electron chi connectivity index (χ3n) is 1.82. The summed E-state index contributed by atoms with van der Waals surface area (Å²) in [6.07, 6.45) is 0. The van der Waals surface area contributed by atoms with Gasteiger partial charge in [-0.05, 0) is 13.0 Å². The molecule has 0 amide bonds. The number of aryl methyl sites for hydroxylation is 1. The van der Waals surface area contributed by atoms with Crippen LogP contribution in [0.15, 0.2) is 12.1 Å². The fourth-order valence-corrected chi connectivity index (χ4v) is 1.57. The highest BCUT2D eigenvalue weighted by molar-refractivity contribution is 6.83. The minimum Gasteiger partial charge on any atom is -0.258 e. The number of nitrogens with zero attached hydrogens (tertiary/aromatic N) is 2. The molecule has 0 unspecified atom stereocenters. The van der Waals surface area contributed by atoms with Crippen LogP contribution in [0.4, 0.5) is 5.69 Å². The van der Waals surface area contributed by atoms with E-state index in [9.17, 15) is 10.1 Å². The normalized spacial score (nSPS) is 10.5. The van der Waals surface area contributed by atoms with E-state index in [1.54, 1.807) is 13.0 Å². The van der Waals surface area contributed by atoms with Crippen LogP contribution in [0.2, 0.25) is 19.6 Å². The molecule has 0 aromatic carbocycles. The molecule has 0 aliphatic carbocycles. The van der Waals surface area contributed by atoms with E-state index in [4.69, 9.17) is 0 Å². The lowest BCUT2D eigenvalue weighted by atomic mass is 10.3.